The van der Waals surface area contributed by atoms with Crippen LogP contribution >= 0.6 is 23.1 Å². The number of nitrogens with two attached hydrogens (primary N) is 1. The van der Waals surface area contributed by atoms with E-state index in [-0.39, 0.29) is 0 Å². The summed E-state index contributed by atoms with van der Waals surface area (Å²) in [4.78, 5) is 2.64. The van der Waals surface area contributed by atoms with Crippen LogP contribution in [0.3, 0.4) is 0 Å². The van der Waals surface area contributed by atoms with Gasteiger partial charge in [0.1, 0.15) is 0 Å². The molecule has 2 N–H and O–H groups in total. The Bertz CT molecular complexity index is 420. The Morgan fingerprint density at radius 3 is 2.56 bits per heavy atom. The summed E-state index contributed by atoms with van der Waals surface area (Å²) in [6.07, 6.45) is 0. The summed E-state index contributed by atoms with van der Waals surface area (Å²) >= 11 is 3.62. The van der Waals surface area contributed by atoms with Crippen LogP contribution in [-0.4, -0.2) is 6.54 Å². The molecule has 0 fully saturated rings. The minimum atomic E-state index is 0.378. The second-order valence-electron chi connectivity index (χ2n) is 3.67. The summed E-state index contributed by atoms with van der Waals surface area (Å²) in [6.45, 7) is 2.78. The first-order valence-electron chi connectivity index (χ1n) is 5.26. The predicted molar refractivity (Wildman–Crippen MR) is 73.2 cm³/mol. The van der Waals surface area contributed by atoms with Crippen molar-refractivity contribution >= 4 is 23.1 Å². The van der Waals surface area contributed by atoms with Crippen molar-refractivity contribution in [2.24, 2.45) is 5.73 Å². The lowest BCUT2D eigenvalue weighted by Crippen LogP contribution is -2.07. The van der Waals surface area contributed by atoms with Gasteiger partial charge in [-0.1, -0.05) is 23.8 Å². The molecule has 1 aromatic heterocycles. The Kier molecular flexibility index (Phi) is 4.04. The minimum absolute atomic E-state index is 0.378. The highest BCUT2D eigenvalue weighted by atomic mass is 32.2. The topological polar surface area (TPSA) is 26.0 Å². The molecule has 2 rings (SSSR count). The molecule has 2 aromatic rings. The summed E-state index contributed by atoms with van der Waals surface area (Å²) < 4.78 is 0. The molecule has 0 bridgehead atoms. The van der Waals surface area contributed by atoms with Crippen LogP contribution < -0.4 is 5.73 Å². The van der Waals surface area contributed by atoms with E-state index in [0.717, 1.165) is 0 Å². The molecular formula is C13H15NS2. The maximum Gasteiger partial charge on any atom is 0.0560 e. The molecule has 0 spiro atoms. The van der Waals surface area contributed by atoms with Gasteiger partial charge in [-0.3, -0.25) is 0 Å². The van der Waals surface area contributed by atoms with Crippen molar-refractivity contribution in [3.05, 3.63) is 52.2 Å². The Labute approximate surface area is 105 Å². The molecule has 0 amide bonds. The fourth-order valence-corrected chi connectivity index (χ4v) is 3.42. The molecule has 0 aliphatic carbocycles. The Morgan fingerprint density at radius 1 is 1.25 bits per heavy atom. The highest BCUT2D eigenvalue weighted by Gasteiger charge is 2.11. The zero-order chi connectivity index (χ0) is 11.4. The summed E-state index contributed by atoms with van der Waals surface area (Å²) in [7, 11) is 0. The lowest BCUT2D eigenvalue weighted by Gasteiger charge is -2.12. The lowest BCUT2D eigenvalue weighted by molar-refractivity contribution is 0.960. The lowest BCUT2D eigenvalue weighted by atomic mass is 10.2. The second kappa shape index (κ2) is 5.53. The van der Waals surface area contributed by atoms with E-state index in [4.69, 9.17) is 5.73 Å². The van der Waals surface area contributed by atoms with E-state index >= 15 is 0 Å². The van der Waals surface area contributed by atoms with Crippen LogP contribution in [0.1, 0.15) is 15.7 Å². The van der Waals surface area contributed by atoms with Crippen LogP contribution in [0.25, 0.3) is 0 Å². The number of aryl methyl sites for hydroxylation is 1. The van der Waals surface area contributed by atoms with E-state index in [1.165, 1.54) is 15.3 Å². The maximum absolute atomic E-state index is 5.83. The van der Waals surface area contributed by atoms with Gasteiger partial charge < -0.3 is 5.73 Å². The minimum Gasteiger partial charge on any atom is -0.329 e. The number of thiophene rings is 1. The third kappa shape index (κ3) is 2.88. The van der Waals surface area contributed by atoms with E-state index in [1.54, 1.807) is 11.3 Å². The van der Waals surface area contributed by atoms with Crippen LogP contribution in [-0.2, 0) is 0 Å². The van der Waals surface area contributed by atoms with Crippen molar-refractivity contribution in [3.8, 4) is 0 Å². The molecule has 3 heteroatoms. The zero-order valence-electron chi connectivity index (χ0n) is 9.22. The Hall–Kier alpha value is -0.770. The fraction of sp³-hybridized carbons (Fsp3) is 0.231. The summed E-state index contributed by atoms with van der Waals surface area (Å²) in [5.74, 6) is 0. The summed E-state index contributed by atoms with van der Waals surface area (Å²) in [6, 6.07) is 12.9. The molecule has 1 atom stereocenters. The van der Waals surface area contributed by atoms with Crippen LogP contribution in [0.4, 0.5) is 0 Å². The van der Waals surface area contributed by atoms with Gasteiger partial charge in [-0.25, -0.2) is 0 Å². The van der Waals surface area contributed by atoms with Crippen molar-refractivity contribution < 1.29 is 0 Å². The third-order valence-electron chi connectivity index (χ3n) is 2.37. The standard InChI is InChI=1S/C13H15NS2/c1-10-4-6-11(7-5-10)16-13(9-14)12-3-2-8-15-12/h2-8,13H,9,14H2,1H3. The SMILES string of the molecule is Cc1ccc(SC(CN)c2cccs2)cc1. The molecule has 84 valence electrons. The molecule has 0 radical (unpaired) electrons. The number of thioether (sulfide) groups is 1. The summed E-state index contributed by atoms with van der Waals surface area (Å²) in [5, 5.41) is 2.48. The first-order chi connectivity index (χ1) is 7.79. The van der Waals surface area contributed by atoms with E-state index in [9.17, 15) is 0 Å². The van der Waals surface area contributed by atoms with Gasteiger partial charge >= 0.3 is 0 Å². The number of hydrogen-bond acceptors (Lipinski definition) is 3. The number of hydrogen-bond donors (Lipinski definition) is 1. The van der Waals surface area contributed by atoms with Gasteiger partial charge in [0, 0.05) is 16.3 Å². The van der Waals surface area contributed by atoms with Crippen molar-refractivity contribution in [1.29, 1.82) is 0 Å². The highest BCUT2D eigenvalue weighted by molar-refractivity contribution is 7.99. The molecule has 1 nitrogen and oxygen atoms in total. The average Bonchev–Trinajstić information content (AvgIpc) is 2.82. The van der Waals surface area contributed by atoms with E-state index in [2.05, 4.69) is 48.7 Å². The van der Waals surface area contributed by atoms with Crippen molar-refractivity contribution in [2.75, 3.05) is 6.54 Å². The second-order valence-corrected chi connectivity index (χ2v) is 5.93. The highest BCUT2D eigenvalue weighted by Crippen LogP contribution is 2.36. The van der Waals surface area contributed by atoms with Crippen molar-refractivity contribution in [2.45, 2.75) is 17.1 Å². The maximum atomic E-state index is 5.83. The normalized spacial score (nSPS) is 12.6. The Morgan fingerprint density at radius 2 is 2.00 bits per heavy atom. The van der Waals surface area contributed by atoms with Crippen molar-refractivity contribution in [1.82, 2.24) is 0 Å². The van der Waals surface area contributed by atoms with Crippen LogP contribution in [0, 0.1) is 6.92 Å². The zero-order valence-corrected chi connectivity index (χ0v) is 10.9. The van der Waals surface area contributed by atoms with Gasteiger partial charge in [0.25, 0.3) is 0 Å². The monoisotopic (exact) mass is 249 g/mol. The first-order valence-corrected chi connectivity index (χ1v) is 7.02. The number of benzene rings is 1. The van der Waals surface area contributed by atoms with E-state index < -0.39 is 0 Å². The molecule has 0 saturated carbocycles. The quantitative estimate of drug-likeness (QED) is 0.833. The van der Waals surface area contributed by atoms with Gasteiger partial charge in [-0.2, -0.15) is 0 Å². The molecule has 1 unspecified atom stereocenters. The molecule has 0 aliphatic rings. The summed E-state index contributed by atoms with van der Waals surface area (Å²) in [5.41, 5.74) is 7.12. The van der Waals surface area contributed by atoms with Gasteiger partial charge in [-0.15, -0.1) is 23.1 Å². The van der Waals surface area contributed by atoms with Gasteiger partial charge in [0.15, 0.2) is 0 Å². The van der Waals surface area contributed by atoms with Crippen LogP contribution in [0.5, 0.6) is 0 Å². The molecule has 1 heterocycles. The third-order valence-corrected chi connectivity index (χ3v) is 4.78. The average molecular weight is 249 g/mol. The van der Waals surface area contributed by atoms with E-state index in [1.807, 2.05) is 11.8 Å². The molecular weight excluding hydrogens is 234 g/mol. The van der Waals surface area contributed by atoms with Crippen LogP contribution in [0.2, 0.25) is 0 Å². The first kappa shape index (κ1) is 11.7. The number of rotatable bonds is 4. The molecule has 16 heavy (non-hydrogen) atoms. The smallest absolute Gasteiger partial charge is 0.0560 e. The largest absolute Gasteiger partial charge is 0.329 e. The fourth-order valence-electron chi connectivity index (χ4n) is 1.48. The predicted octanol–water partition coefficient (Wildman–Crippen LogP) is 3.85. The van der Waals surface area contributed by atoms with Gasteiger partial charge in [-0.05, 0) is 30.5 Å². The molecule has 1 aromatic carbocycles. The molecule has 0 saturated heterocycles. The van der Waals surface area contributed by atoms with Gasteiger partial charge in [0.2, 0.25) is 0 Å². The van der Waals surface area contributed by atoms with E-state index in [0.29, 0.717) is 11.8 Å². The Balaban J connectivity index is 2.10. The van der Waals surface area contributed by atoms with Crippen molar-refractivity contribution in [3.63, 3.8) is 0 Å². The molecule has 0 aliphatic heterocycles. The van der Waals surface area contributed by atoms with Crippen LogP contribution in [0.15, 0.2) is 46.7 Å². The van der Waals surface area contributed by atoms with Gasteiger partial charge in [0.05, 0.1) is 5.25 Å².